The zero-order valence-electron chi connectivity index (χ0n) is 11.6. The molecule has 21 heavy (non-hydrogen) atoms. The molecule has 0 aliphatic heterocycles. The standard InChI is InChI=1S/C16H14FNO3/c1-10(19)16-14(20-2)4-3-5-15(16)21-12-7-6-11(9-18)13(17)8-12/h3-8,10,19H,1-2H3/t10-/m0/s1. The predicted octanol–water partition coefficient (Wildman–Crippen LogP) is 3.55. The second kappa shape index (κ2) is 6.25. The van der Waals surface area contributed by atoms with Crippen molar-refractivity contribution in [3.8, 4) is 23.3 Å². The van der Waals surface area contributed by atoms with Crippen molar-refractivity contribution in [2.45, 2.75) is 13.0 Å². The quantitative estimate of drug-likeness (QED) is 0.934. The van der Waals surface area contributed by atoms with Crippen LogP contribution in [0.15, 0.2) is 36.4 Å². The van der Waals surface area contributed by atoms with Crippen molar-refractivity contribution in [3.05, 3.63) is 53.3 Å². The third kappa shape index (κ3) is 3.12. The van der Waals surface area contributed by atoms with E-state index in [0.29, 0.717) is 17.1 Å². The predicted molar refractivity (Wildman–Crippen MR) is 74.8 cm³/mol. The topological polar surface area (TPSA) is 62.5 Å². The van der Waals surface area contributed by atoms with Crippen LogP contribution in [0.3, 0.4) is 0 Å². The van der Waals surface area contributed by atoms with Gasteiger partial charge in [-0.05, 0) is 31.2 Å². The fraction of sp³-hybridized carbons (Fsp3) is 0.188. The van der Waals surface area contributed by atoms with E-state index in [1.165, 1.54) is 19.2 Å². The van der Waals surface area contributed by atoms with Gasteiger partial charge in [0.15, 0.2) is 0 Å². The minimum atomic E-state index is -0.806. The largest absolute Gasteiger partial charge is 0.496 e. The monoisotopic (exact) mass is 287 g/mol. The maximum absolute atomic E-state index is 13.6. The third-order valence-corrected chi connectivity index (χ3v) is 2.95. The van der Waals surface area contributed by atoms with E-state index < -0.39 is 11.9 Å². The number of benzene rings is 2. The molecule has 0 heterocycles. The van der Waals surface area contributed by atoms with E-state index in [1.54, 1.807) is 31.2 Å². The average molecular weight is 287 g/mol. The molecular weight excluding hydrogens is 273 g/mol. The third-order valence-electron chi connectivity index (χ3n) is 2.95. The molecule has 1 N–H and O–H groups in total. The first-order valence-electron chi connectivity index (χ1n) is 6.29. The van der Waals surface area contributed by atoms with E-state index in [1.807, 2.05) is 0 Å². The highest BCUT2D eigenvalue weighted by Crippen LogP contribution is 2.36. The summed E-state index contributed by atoms with van der Waals surface area (Å²) in [7, 11) is 1.49. The van der Waals surface area contributed by atoms with E-state index in [4.69, 9.17) is 14.7 Å². The summed E-state index contributed by atoms with van der Waals surface area (Å²) in [5.41, 5.74) is 0.425. The van der Waals surface area contributed by atoms with Crippen molar-refractivity contribution < 1.29 is 19.0 Å². The van der Waals surface area contributed by atoms with Crippen LogP contribution in [0.1, 0.15) is 24.2 Å². The first-order valence-corrected chi connectivity index (χ1v) is 6.29. The van der Waals surface area contributed by atoms with Crippen molar-refractivity contribution in [3.63, 3.8) is 0 Å². The first-order chi connectivity index (χ1) is 10.1. The zero-order valence-corrected chi connectivity index (χ0v) is 11.6. The molecule has 2 rings (SSSR count). The molecule has 0 amide bonds. The van der Waals surface area contributed by atoms with Gasteiger partial charge in [-0.1, -0.05) is 6.07 Å². The Hall–Kier alpha value is -2.58. The van der Waals surface area contributed by atoms with Gasteiger partial charge in [0.2, 0.25) is 0 Å². The molecule has 0 saturated carbocycles. The number of nitrogens with zero attached hydrogens (tertiary/aromatic N) is 1. The smallest absolute Gasteiger partial charge is 0.144 e. The number of hydrogen-bond acceptors (Lipinski definition) is 4. The van der Waals surface area contributed by atoms with Gasteiger partial charge in [-0.25, -0.2) is 4.39 Å². The Bertz CT molecular complexity index is 692. The van der Waals surface area contributed by atoms with E-state index in [0.717, 1.165) is 6.07 Å². The lowest BCUT2D eigenvalue weighted by molar-refractivity contribution is 0.190. The van der Waals surface area contributed by atoms with Gasteiger partial charge in [0, 0.05) is 6.07 Å². The Balaban J connectivity index is 2.40. The summed E-state index contributed by atoms with van der Waals surface area (Å²) >= 11 is 0. The molecule has 5 heteroatoms. The van der Waals surface area contributed by atoms with Gasteiger partial charge >= 0.3 is 0 Å². The van der Waals surface area contributed by atoms with Crippen molar-refractivity contribution in [2.24, 2.45) is 0 Å². The summed E-state index contributed by atoms with van der Waals surface area (Å²) in [6.45, 7) is 1.59. The Morgan fingerprint density at radius 3 is 2.52 bits per heavy atom. The van der Waals surface area contributed by atoms with E-state index in [-0.39, 0.29) is 11.3 Å². The Morgan fingerprint density at radius 2 is 1.95 bits per heavy atom. The van der Waals surface area contributed by atoms with Gasteiger partial charge in [0.05, 0.1) is 24.3 Å². The SMILES string of the molecule is COc1cccc(Oc2ccc(C#N)c(F)c2)c1[C@H](C)O. The summed E-state index contributed by atoms with van der Waals surface area (Å²) in [5, 5.41) is 18.6. The van der Waals surface area contributed by atoms with Gasteiger partial charge in [0.25, 0.3) is 0 Å². The summed E-state index contributed by atoms with van der Waals surface area (Å²) in [5.74, 6) is 0.434. The number of aliphatic hydroxyl groups excluding tert-OH is 1. The van der Waals surface area contributed by atoms with E-state index in [9.17, 15) is 9.50 Å². The number of rotatable bonds is 4. The highest BCUT2D eigenvalue weighted by molar-refractivity contribution is 5.48. The molecule has 108 valence electrons. The van der Waals surface area contributed by atoms with E-state index >= 15 is 0 Å². The van der Waals surface area contributed by atoms with Crippen molar-refractivity contribution >= 4 is 0 Å². The van der Waals surface area contributed by atoms with Gasteiger partial charge < -0.3 is 14.6 Å². The average Bonchev–Trinajstić information content (AvgIpc) is 2.46. The Kier molecular flexibility index (Phi) is 4.41. The molecule has 0 unspecified atom stereocenters. The Morgan fingerprint density at radius 1 is 1.24 bits per heavy atom. The van der Waals surface area contributed by atoms with Crippen LogP contribution in [0, 0.1) is 17.1 Å². The van der Waals surface area contributed by atoms with Gasteiger partial charge in [-0.15, -0.1) is 0 Å². The number of nitriles is 1. The summed E-state index contributed by atoms with van der Waals surface area (Å²) < 4.78 is 24.4. The van der Waals surface area contributed by atoms with Crippen LogP contribution in [0.25, 0.3) is 0 Å². The fourth-order valence-corrected chi connectivity index (χ4v) is 1.98. The van der Waals surface area contributed by atoms with Crippen LogP contribution >= 0.6 is 0 Å². The second-order valence-electron chi connectivity index (χ2n) is 4.40. The maximum Gasteiger partial charge on any atom is 0.144 e. The summed E-state index contributed by atoms with van der Waals surface area (Å²) in [6.07, 6.45) is -0.806. The zero-order chi connectivity index (χ0) is 15.4. The van der Waals surface area contributed by atoms with Crippen LogP contribution in [-0.2, 0) is 0 Å². The molecule has 0 saturated heterocycles. The van der Waals surface area contributed by atoms with Crippen molar-refractivity contribution in [1.29, 1.82) is 5.26 Å². The summed E-state index contributed by atoms with van der Waals surface area (Å²) in [4.78, 5) is 0. The molecule has 2 aromatic carbocycles. The lowest BCUT2D eigenvalue weighted by Gasteiger charge is -2.16. The van der Waals surface area contributed by atoms with Gasteiger partial charge in [-0.3, -0.25) is 0 Å². The van der Waals surface area contributed by atoms with Crippen molar-refractivity contribution in [2.75, 3.05) is 7.11 Å². The minimum Gasteiger partial charge on any atom is -0.496 e. The van der Waals surface area contributed by atoms with E-state index in [2.05, 4.69) is 0 Å². The number of aliphatic hydroxyl groups is 1. The number of halogens is 1. The van der Waals surface area contributed by atoms with Gasteiger partial charge in [0.1, 0.15) is 29.1 Å². The molecule has 0 aromatic heterocycles. The second-order valence-corrected chi connectivity index (χ2v) is 4.40. The summed E-state index contributed by atoms with van der Waals surface area (Å²) in [6, 6.07) is 10.8. The first kappa shape index (κ1) is 14.8. The molecule has 0 aliphatic carbocycles. The highest BCUT2D eigenvalue weighted by atomic mass is 19.1. The minimum absolute atomic E-state index is 0.0521. The lowest BCUT2D eigenvalue weighted by atomic mass is 10.1. The molecule has 1 atom stereocenters. The molecule has 4 nitrogen and oxygen atoms in total. The molecule has 0 spiro atoms. The molecule has 0 radical (unpaired) electrons. The van der Waals surface area contributed by atoms with Crippen LogP contribution < -0.4 is 9.47 Å². The van der Waals surface area contributed by atoms with Gasteiger partial charge in [-0.2, -0.15) is 5.26 Å². The molecular formula is C16H14FNO3. The number of ether oxygens (including phenoxy) is 2. The normalized spacial score (nSPS) is 11.6. The Labute approximate surface area is 122 Å². The molecule has 0 aliphatic rings. The van der Waals surface area contributed by atoms with Crippen LogP contribution in [-0.4, -0.2) is 12.2 Å². The maximum atomic E-state index is 13.6. The van der Waals surface area contributed by atoms with Crippen LogP contribution in [0.2, 0.25) is 0 Å². The number of hydrogen-bond donors (Lipinski definition) is 1. The molecule has 0 bridgehead atoms. The van der Waals surface area contributed by atoms with Crippen LogP contribution in [0.5, 0.6) is 17.2 Å². The molecule has 2 aromatic rings. The fourth-order valence-electron chi connectivity index (χ4n) is 1.98. The highest BCUT2D eigenvalue weighted by Gasteiger charge is 2.16. The lowest BCUT2D eigenvalue weighted by Crippen LogP contribution is -2.00. The molecule has 0 fully saturated rings. The van der Waals surface area contributed by atoms with Crippen molar-refractivity contribution in [1.82, 2.24) is 0 Å². The number of methoxy groups -OCH3 is 1. The van der Waals surface area contributed by atoms with Crippen LogP contribution in [0.4, 0.5) is 4.39 Å².